The van der Waals surface area contributed by atoms with E-state index in [1.54, 1.807) is 0 Å². The Morgan fingerprint density at radius 1 is 0.803 bits per heavy atom. The maximum absolute atomic E-state index is 12.8. The first-order chi connectivity index (χ1) is 34.6. The van der Waals surface area contributed by atoms with Gasteiger partial charge < -0.3 is 69.3 Å². The number of hydrogen-bond donors (Lipinski definition) is 12. The minimum Gasteiger partial charge on any atom is -0.386 e. The summed E-state index contributed by atoms with van der Waals surface area (Å²) in [4.78, 5) is 88.6. The minimum absolute atomic E-state index is 0. The van der Waals surface area contributed by atoms with Crippen molar-refractivity contribution in [3.63, 3.8) is 0 Å². The lowest BCUT2D eigenvalue weighted by molar-refractivity contribution is -0.137. The van der Waals surface area contributed by atoms with Crippen LogP contribution in [0.1, 0.15) is 162 Å². The van der Waals surface area contributed by atoms with E-state index in [1.165, 1.54) is 117 Å². The summed E-state index contributed by atoms with van der Waals surface area (Å²) in [6.07, 6.45) is 22.0. The number of imidazole rings is 1. The number of nitrogens with zero attached hydrogens (tertiary/aromatic N) is 4. The van der Waals surface area contributed by atoms with Crippen LogP contribution in [0.15, 0.2) is 24.8 Å². The Hall–Kier alpha value is -2.82. The van der Waals surface area contributed by atoms with Gasteiger partial charge in [-0.2, -0.15) is 4.31 Å². The van der Waals surface area contributed by atoms with Gasteiger partial charge in [-0.3, -0.25) is 32.5 Å². The number of phosphoric acid groups is 3. The Bertz CT molecular complexity index is 2160. The van der Waals surface area contributed by atoms with Crippen molar-refractivity contribution in [2.24, 2.45) is 5.41 Å². The van der Waals surface area contributed by atoms with Crippen molar-refractivity contribution >= 4 is 69.1 Å². The first kappa shape index (κ1) is 73.2. The van der Waals surface area contributed by atoms with Crippen LogP contribution in [-0.2, 0) is 50.7 Å². The van der Waals surface area contributed by atoms with Crippen LogP contribution in [0, 0.1) is 5.41 Å². The second-order valence-electron chi connectivity index (χ2n) is 18.7. The van der Waals surface area contributed by atoms with E-state index in [0.717, 1.165) is 48.2 Å². The van der Waals surface area contributed by atoms with Crippen molar-refractivity contribution < 1.29 is 80.5 Å². The third-order valence-corrected chi connectivity index (χ3v) is 15.9. The van der Waals surface area contributed by atoms with E-state index >= 15 is 0 Å². The number of unbranched alkanes of at least 4 members (excludes halogenated alkanes) is 17. The van der Waals surface area contributed by atoms with Crippen LogP contribution in [0.4, 0.5) is 5.82 Å². The Kier molecular flexibility index (Phi) is 36.5. The molecule has 3 unspecified atom stereocenters. The van der Waals surface area contributed by atoms with Crippen LogP contribution in [0.5, 0.6) is 0 Å². The van der Waals surface area contributed by atoms with Crippen LogP contribution in [0.25, 0.3) is 11.2 Å². The SMILES string of the molecule is CCCCCCCC/C=C\CCCCCCCCCCCCCC(=O)SCCNC(=O)CCNC(=O)[C@H](O)C(C)(C)COP(=O)(O)OP(=O)(O)OC[C@H]1O[C@@H](n2cnc3c(N)ncnc32)[C@@H](O)C1OP(=O)(O)O.N.N.N. The fourth-order valence-corrected chi connectivity index (χ4v) is 11.3. The minimum atomic E-state index is -5.58. The predicted octanol–water partition coefficient (Wildman–Crippen LogP) is 7.53. The largest absolute Gasteiger partial charge is 0.481 e. The van der Waals surface area contributed by atoms with Gasteiger partial charge >= 0.3 is 23.5 Å². The standard InChI is InChI=1S/C45H80N7O17P3S.3H3N/c1-4-5-6-7-8-9-10-11-12-13-14-15-16-17-18-19-20-21-22-23-24-25-36(54)73-29-28-47-35(53)26-27-48-43(57)40(56)45(2,3)31-66-72(63,64)69-71(61,62)65-30-34-39(68-70(58,59)60)38(55)44(67-34)52-33-51-37-41(46)49-32-50-42(37)52;;;/h11-12,32-34,38-40,44,55-56H,4-10,13-31H2,1-3H3,(H,47,53)(H,48,57)(H,61,62)(H,63,64)(H2,46,49,50)(H2,58,59,60);3*1H3/b12-11-;;;/t34-,38+,39?,40+,44-;;;/m1.../s1. The Balaban J connectivity index is 0.0000187. The topological polar surface area (TPSA) is 469 Å². The summed E-state index contributed by atoms with van der Waals surface area (Å²) in [7, 11) is -16.4. The van der Waals surface area contributed by atoms with Crippen molar-refractivity contribution in [2.75, 3.05) is 37.8 Å². The van der Waals surface area contributed by atoms with Crippen molar-refractivity contribution in [1.82, 2.24) is 48.6 Å². The monoisotopic (exact) mass is 1170 g/mol. The highest BCUT2D eigenvalue weighted by Gasteiger charge is 2.50. The first-order valence-electron chi connectivity index (χ1n) is 25.3. The molecule has 3 rings (SSSR count). The van der Waals surface area contributed by atoms with Crippen molar-refractivity contribution in [3.05, 3.63) is 24.8 Å². The molecule has 0 aliphatic carbocycles. The number of anilines is 1. The van der Waals surface area contributed by atoms with E-state index in [1.807, 2.05) is 0 Å². The average Bonchev–Trinajstić information content (AvgIpc) is 3.88. The van der Waals surface area contributed by atoms with Crippen LogP contribution < -0.4 is 34.8 Å². The highest BCUT2D eigenvalue weighted by Crippen LogP contribution is 2.61. The van der Waals surface area contributed by atoms with E-state index in [2.05, 4.69) is 53.5 Å². The van der Waals surface area contributed by atoms with Gasteiger partial charge in [0, 0.05) is 37.1 Å². The number of allylic oxidation sites excluding steroid dienone is 2. The normalized spacial score (nSPS) is 18.8. The third-order valence-electron chi connectivity index (χ3n) is 11.9. The fraction of sp³-hybridized carbons (Fsp3) is 0.778. The van der Waals surface area contributed by atoms with E-state index in [4.69, 9.17) is 19.5 Å². The van der Waals surface area contributed by atoms with Gasteiger partial charge in [-0.1, -0.05) is 135 Å². The zero-order valence-electron chi connectivity index (χ0n) is 44.5. The molecule has 0 aromatic carbocycles. The van der Waals surface area contributed by atoms with Crippen LogP contribution in [0.3, 0.4) is 0 Å². The summed E-state index contributed by atoms with van der Waals surface area (Å²) in [5, 5.41) is 26.7. The summed E-state index contributed by atoms with van der Waals surface area (Å²) in [6, 6.07) is 0. The number of phosphoric ester groups is 3. The van der Waals surface area contributed by atoms with E-state index in [9.17, 15) is 57.9 Å². The Morgan fingerprint density at radius 2 is 1.36 bits per heavy atom. The molecule has 27 nitrogen and oxygen atoms in total. The number of fused-ring (bicyclic) bond motifs is 1. The molecule has 0 radical (unpaired) electrons. The van der Waals surface area contributed by atoms with E-state index in [0.29, 0.717) is 12.2 Å². The number of nitrogen functional groups attached to an aromatic ring is 1. The molecule has 1 aliphatic heterocycles. The number of ether oxygens (including phenoxy) is 1. The van der Waals surface area contributed by atoms with Crippen molar-refractivity contribution in [3.8, 4) is 0 Å². The number of amides is 2. The number of aliphatic hydroxyl groups excluding tert-OH is 2. The first-order valence-corrected chi connectivity index (χ1v) is 30.8. The smallest absolute Gasteiger partial charge is 0.386 e. The molecule has 76 heavy (non-hydrogen) atoms. The second kappa shape index (κ2) is 37.9. The average molecular weight is 1170 g/mol. The molecular formula is C45H89N10O17P3S. The molecule has 442 valence electrons. The number of nitrogens with two attached hydrogens (primary N) is 1. The van der Waals surface area contributed by atoms with Crippen molar-refractivity contribution in [1.29, 1.82) is 0 Å². The molecule has 2 aromatic rings. The molecular weight excluding hydrogens is 1080 g/mol. The summed E-state index contributed by atoms with van der Waals surface area (Å²) >= 11 is 1.16. The number of thioether (sulfide) groups is 1. The molecule has 2 aromatic heterocycles. The van der Waals surface area contributed by atoms with Crippen LogP contribution in [-0.4, -0.2) is 123 Å². The molecule has 1 aliphatic rings. The lowest BCUT2D eigenvalue weighted by Gasteiger charge is -2.30. The summed E-state index contributed by atoms with van der Waals surface area (Å²) < 4.78 is 62.5. The molecule has 3 heterocycles. The highest BCUT2D eigenvalue weighted by molar-refractivity contribution is 8.13. The Morgan fingerprint density at radius 3 is 1.93 bits per heavy atom. The second-order valence-corrected chi connectivity index (χ2v) is 24.1. The summed E-state index contributed by atoms with van der Waals surface area (Å²) in [6.45, 7) is 2.83. The molecule has 0 saturated carbocycles. The zero-order chi connectivity index (χ0) is 53.9. The Labute approximate surface area is 451 Å². The molecule has 0 spiro atoms. The molecule has 2 amide bonds. The van der Waals surface area contributed by atoms with Gasteiger partial charge in [0.2, 0.25) is 11.8 Å². The maximum atomic E-state index is 12.8. The molecule has 19 N–H and O–H groups in total. The van der Waals surface area contributed by atoms with Gasteiger partial charge in [0.15, 0.2) is 22.8 Å². The number of aromatic nitrogens is 4. The number of carbonyl (C=O) groups excluding carboxylic acids is 3. The summed E-state index contributed by atoms with van der Waals surface area (Å²) in [5.74, 6) is -1.02. The van der Waals surface area contributed by atoms with Crippen molar-refractivity contribution in [2.45, 2.75) is 186 Å². The van der Waals surface area contributed by atoms with Gasteiger partial charge in [0.1, 0.15) is 36.3 Å². The van der Waals surface area contributed by atoms with Gasteiger partial charge in [0.25, 0.3) is 0 Å². The lowest BCUT2D eigenvalue weighted by atomic mass is 9.87. The van der Waals surface area contributed by atoms with Gasteiger partial charge in [-0.25, -0.2) is 28.6 Å². The van der Waals surface area contributed by atoms with Crippen LogP contribution >= 0.6 is 35.2 Å². The zero-order valence-corrected chi connectivity index (χ0v) is 48.0. The van der Waals surface area contributed by atoms with Gasteiger partial charge in [-0.15, -0.1) is 0 Å². The number of aliphatic hydroxyl groups is 2. The van der Waals surface area contributed by atoms with Gasteiger partial charge in [0.05, 0.1) is 19.5 Å². The predicted molar refractivity (Wildman–Crippen MR) is 289 cm³/mol. The molecule has 1 fully saturated rings. The quantitative estimate of drug-likeness (QED) is 0.0174. The van der Waals surface area contributed by atoms with Gasteiger partial charge in [-0.05, 0) is 32.1 Å². The lowest BCUT2D eigenvalue weighted by Crippen LogP contribution is -2.46. The fourth-order valence-electron chi connectivity index (χ4n) is 7.77. The highest BCUT2D eigenvalue weighted by atomic mass is 32.2. The summed E-state index contributed by atoms with van der Waals surface area (Å²) in [5.41, 5.74) is 4.29. The number of nitrogens with one attached hydrogen (secondary N) is 2. The van der Waals surface area contributed by atoms with E-state index in [-0.39, 0.29) is 60.1 Å². The third kappa shape index (κ3) is 28.9. The maximum Gasteiger partial charge on any atom is 0.481 e. The molecule has 1 saturated heterocycles. The number of rotatable bonds is 40. The molecule has 7 atom stereocenters. The number of hydrogen-bond acceptors (Lipinski definition) is 21. The molecule has 0 bridgehead atoms. The van der Waals surface area contributed by atoms with Crippen LogP contribution in [0.2, 0.25) is 0 Å². The van der Waals surface area contributed by atoms with E-state index < -0.39 is 84.6 Å². The number of carbonyl (C=O) groups is 3. The molecule has 31 heteroatoms.